The van der Waals surface area contributed by atoms with Gasteiger partial charge in [-0.3, -0.25) is 10.1 Å². The molecule has 0 bridgehead atoms. The molecule has 1 aromatic heterocycles. The first-order valence-electron chi connectivity index (χ1n) is 5.94. The fraction of sp³-hybridized carbons (Fsp3) is 0.600. The molecule has 110 valence electrons. The van der Waals surface area contributed by atoms with Crippen molar-refractivity contribution in [2.75, 3.05) is 37.6 Å². The Morgan fingerprint density at radius 2 is 2.35 bits per heavy atom. The van der Waals surface area contributed by atoms with Crippen molar-refractivity contribution in [3.63, 3.8) is 0 Å². The van der Waals surface area contributed by atoms with Crippen LogP contribution in [0.25, 0.3) is 0 Å². The van der Waals surface area contributed by atoms with Crippen LogP contribution in [-0.2, 0) is 9.47 Å². The second-order valence-corrected chi connectivity index (χ2v) is 4.36. The summed E-state index contributed by atoms with van der Waals surface area (Å²) in [6.07, 6.45) is 1.90. The predicted octanol–water partition coefficient (Wildman–Crippen LogP) is -0.112. The average molecular weight is 284 g/mol. The molecule has 0 saturated carbocycles. The number of nitrogen functional groups attached to an aromatic ring is 1. The Morgan fingerprint density at radius 3 is 2.90 bits per heavy atom. The fourth-order valence-corrected chi connectivity index (χ4v) is 1.99. The Kier molecular flexibility index (Phi) is 4.27. The molecule has 2 rings (SSSR count). The van der Waals surface area contributed by atoms with Crippen molar-refractivity contribution in [1.29, 1.82) is 0 Å². The van der Waals surface area contributed by atoms with Gasteiger partial charge in [0.25, 0.3) is 0 Å². The zero-order valence-electron chi connectivity index (χ0n) is 11.0. The van der Waals surface area contributed by atoms with E-state index in [4.69, 9.17) is 15.3 Å². The van der Waals surface area contributed by atoms with Gasteiger partial charge in [0.2, 0.25) is 11.6 Å². The summed E-state index contributed by atoms with van der Waals surface area (Å²) in [4.78, 5) is 18.1. The van der Waals surface area contributed by atoms with Crippen LogP contribution in [0.1, 0.15) is 6.42 Å². The molecular weight excluding hydrogens is 268 g/mol. The van der Waals surface area contributed by atoms with Gasteiger partial charge < -0.3 is 20.2 Å². The quantitative estimate of drug-likeness (QED) is 0.371. The van der Waals surface area contributed by atoms with Crippen molar-refractivity contribution in [3.8, 4) is 0 Å². The van der Waals surface area contributed by atoms with Crippen LogP contribution in [0.5, 0.6) is 0 Å². The first-order chi connectivity index (χ1) is 9.62. The molecule has 1 aliphatic rings. The van der Waals surface area contributed by atoms with Crippen LogP contribution in [-0.4, -0.2) is 47.4 Å². The summed E-state index contributed by atoms with van der Waals surface area (Å²) in [7, 11) is 1.58. The number of anilines is 2. The first-order valence-corrected chi connectivity index (χ1v) is 5.94. The fourth-order valence-electron chi connectivity index (χ4n) is 1.99. The van der Waals surface area contributed by atoms with Crippen LogP contribution >= 0.6 is 0 Å². The van der Waals surface area contributed by atoms with Gasteiger partial charge in [0.05, 0.1) is 11.5 Å². The Morgan fingerprint density at radius 1 is 1.60 bits per heavy atom. The predicted molar refractivity (Wildman–Crippen MR) is 70.2 cm³/mol. The van der Waals surface area contributed by atoms with E-state index in [0.717, 1.165) is 0 Å². The summed E-state index contributed by atoms with van der Waals surface area (Å²) in [5.74, 6) is 5.24. The summed E-state index contributed by atoms with van der Waals surface area (Å²) < 4.78 is 10.7. The van der Waals surface area contributed by atoms with E-state index in [-0.39, 0.29) is 17.3 Å². The molecule has 1 unspecified atom stereocenters. The van der Waals surface area contributed by atoms with Crippen LogP contribution in [0.3, 0.4) is 0 Å². The van der Waals surface area contributed by atoms with Gasteiger partial charge in [-0.2, -0.15) is 0 Å². The zero-order valence-corrected chi connectivity index (χ0v) is 11.0. The molecule has 1 atom stereocenters. The smallest absolute Gasteiger partial charge is 0.354 e. The van der Waals surface area contributed by atoms with E-state index in [1.54, 1.807) is 7.11 Å². The van der Waals surface area contributed by atoms with Crippen molar-refractivity contribution >= 4 is 17.3 Å². The van der Waals surface area contributed by atoms with E-state index in [1.807, 2.05) is 0 Å². The molecule has 4 N–H and O–H groups in total. The maximum absolute atomic E-state index is 11.1. The molecule has 0 amide bonds. The largest absolute Gasteiger partial charge is 0.378 e. The van der Waals surface area contributed by atoms with Crippen LogP contribution in [0.2, 0.25) is 0 Å². The number of hydrogen-bond acceptors (Lipinski definition) is 9. The summed E-state index contributed by atoms with van der Waals surface area (Å²) in [5, 5.41) is 14.0. The highest BCUT2D eigenvalue weighted by molar-refractivity contribution is 5.68. The average Bonchev–Trinajstić information content (AvgIpc) is 2.93. The second kappa shape index (κ2) is 5.94. The number of nitrogens with two attached hydrogens (primary N) is 1. The van der Waals surface area contributed by atoms with Gasteiger partial charge in [-0.05, 0) is 0 Å². The van der Waals surface area contributed by atoms with Crippen LogP contribution < -0.4 is 16.6 Å². The number of rotatable bonds is 6. The highest BCUT2D eigenvalue weighted by atomic mass is 16.6. The normalized spacial score (nSPS) is 21.7. The van der Waals surface area contributed by atoms with E-state index in [1.165, 1.54) is 6.33 Å². The van der Waals surface area contributed by atoms with Crippen molar-refractivity contribution < 1.29 is 14.4 Å². The zero-order chi connectivity index (χ0) is 14.6. The molecule has 10 nitrogen and oxygen atoms in total. The van der Waals surface area contributed by atoms with Gasteiger partial charge in [0.1, 0.15) is 11.9 Å². The van der Waals surface area contributed by atoms with E-state index >= 15 is 0 Å². The Labute approximate surface area is 114 Å². The lowest BCUT2D eigenvalue weighted by Crippen LogP contribution is -2.39. The molecule has 1 aromatic rings. The molecular formula is C10H16N6O4. The summed E-state index contributed by atoms with van der Waals surface area (Å²) >= 11 is 0. The van der Waals surface area contributed by atoms with Crippen LogP contribution in [0, 0.1) is 10.1 Å². The number of hydrogen-bond donors (Lipinski definition) is 3. The van der Waals surface area contributed by atoms with Crippen molar-refractivity contribution in [3.05, 3.63) is 16.4 Å². The van der Waals surface area contributed by atoms with E-state index in [0.29, 0.717) is 26.2 Å². The third-order valence-corrected chi connectivity index (χ3v) is 3.22. The number of methoxy groups -OCH3 is 1. The Balaban J connectivity index is 2.19. The van der Waals surface area contributed by atoms with Gasteiger partial charge in [-0.1, -0.05) is 0 Å². The van der Waals surface area contributed by atoms with Gasteiger partial charge in [0, 0.05) is 26.7 Å². The van der Waals surface area contributed by atoms with Gasteiger partial charge in [0.15, 0.2) is 0 Å². The van der Waals surface area contributed by atoms with E-state index in [2.05, 4.69) is 20.7 Å². The lowest BCUT2D eigenvalue weighted by Gasteiger charge is -2.26. The molecule has 1 aliphatic heterocycles. The third-order valence-electron chi connectivity index (χ3n) is 3.22. The highest BCUT2D eigenvalue weighted by Crippen LogP contribution is 2.30. The summed E-state index contributed by atoms with van der Waals surface area (Å²) in [6.45, 7) is 1.36. The Hall–Kier alpha value is -2.04. The lowest BCUT2D eigenvalue weighted by atomic mass is 10.0. The second-order valence-electron chi connectivity index (χ2n) is 4.36. The van der Waals surface area contributed by atoms with Gasteiger partial charge in [-0.25, -0.2) is 15.8 Å². The number of aromatic nitrogens is 2. The van der Waals surface area contributed by atoms with Gasteiger partial charge in [-0.15, -0.1) is 0 Å². The third kappa shape index (κ3) is 2.76. The molecule has 0 radical (unpaired) electrons. The molecule has 1 fully saturated rings. The number of nitrogens with zero attached hydrogens (tertiary/aromatic N) is 3. The molecule has 1 saturated heterocycles. The molecule has 0 spiro atoms. The highest BCUT2D eigenvalue weighted by Gasteiger charge is 2.35. The summed E-state index contributed by atoms with van der Waals surface area (Å²) in [6, 6.07) is 0. The number of nitrogens with one attached hydrogen (secondary N) is 2. The van der Waals surface area contributed by atoms with Crippen LogP contribution in [0.4, 0.5) is 17.3 Å². The monoisotopic (exact) mass is 284 g/mol. The lowest BCUT2D eigenvalue weighted by molar-refractivity contribution is -0.383. The minimum Gasteiger partial charge on any atom is -0.378 e. The maximum Gasteiger partial charge on any atom is 0.354 e. The number of nitro groups is 1. The van der Waals surface area contributed by atoms with E-state index in [9.17, 15) is 10.1 Å². The van der Waals surface area contributed by atoms with E-state index < -0.39 is 10.5 Å². The van der Waals surface area contributed by atoms with Crippen molar-refractivity contribution in [2.45, 2.75) is 12.0 Å². The molecule has 2 heterocycles. The maximum atomic E-state index is 11.1. The van der Waals surface area contributed by atoms with Gasteiger partial charge >= 0.3 is 5.69 Å². The molecule has 10 heteroatoms. The van der Waals surface area contributed by atoms with Crippen molar-refractivity contribution in [2.24, 2.45) is 5.84 Å². The molecule has 0 aliphatic carbocycles. The minimum absolute atomic E-state index is 0.0540. The minimum atomic E-state index is -0.595. The molecule has 0 aromatic carbocycles. The molecule has 20 heavy (non-hydrogen) atoms. The van der Waals surface area contributed by atoms with Crippen LogP contribution in [0.15, 0.2) is 6.33 Å². The Bertz CT molecular complexity index is 491. The summed E-state index contributed by atoms with van der Waals surface area (Å²) in [5.41, 5.74) is 1.37. The SMILES string of the molecule is COC1(CNc2ncnc(NN)c2[N+](=O)[O-])CCOC1. The van der Waals surface area contributed by atoms with Crippen molar-refractivity contribution in [1.82, 2.24) is 9.97 Å². The number of ether oxygens (including phenoxy) is 2. The standard InChI is InChI=1S/C10H16N6O4/c1-19-10(2-3-20-5-10)4-12-8-7(16(17)18)9(15-11)14-6-13-8/h6H,2-5,11H2,1H3,(H2,12,13,14,15). The topological polar surface area (TPSA) is 137 Å². The first kappa shape index (κ1) is 14.4. The number of hydrazine groups is 1.